The summed E-state index contributed by atoms with van der Waals surface area (Å²) in [5, 5.41) is 4.55. The number of fused-ring (bicyclic) bond motifs is 1. The third kappa shape index (κ3) is 6.36. The van der Waals surface area contributed by atoms with Crippen LogP contribution >= 0.6 is 11.8 Å². The average molecular weight is 483 g/mol. The molecule has 1 aliphatic carbocycles. The van der Waals surface area contributed by atoms with Crippen LogP contribution in [0.2, 0.25) is 0 Å². The van der Waals surface area contributed by atoms with E-state index in [-0.39, 0.29) is 11.7 Å². The lowest BCUT2D eigenvalue weighted by atomic mass is 9.87. The van der Waals surface area contributed by atoms with Gasteiger partial charge in [0, 0.05) is 17.7 Å². The maximum absolute atomic E-state index is 13.0. The fourth-order valence-corrected chi connectivity index (χ4v) is 7.01. The minimum Gasteiger partial charge on any atom is -0.352 e. The number of rotatable bonds is 9. The quantitative estimate of drug-likeness (QED) is 0.408. The van der Waals surface area contributed by atoms with E-state index in [0.717, 1.165) is 17.3 Å². The number of hydrogen-bond donors (Lipinski definition) is 1. The van der Waals surface area contributed by atoms with Crippen LogP contribution in [0, 0.1) is 5.92 Å². The first kappa shape index (κ1) is 23.8. The molecular formula is C26H30N2O3S2. The molecule has 1 aliphatic rings. The van der Waals surface area contributed by atoms with Crippen molar-refractivity contribution in [3.8, 4) is 0 Å². The summed E-state index contributed by atoms with van der Waals surface area (Å²) < 4.78 is 25.3. The summed E-state index contributed by atoms with van der Waals surface area (Å²) in [6.45, 7) is 0.656. The number of sulfone groups is 1. The van der Waals surface area contributed by atoms with E-state index in [2.05, 4.69) is 5.32 Å². The number of nitrogens with one attached hydrogen (secondary N) is 1. The van der Waals surface area contributed by atoms with Gasteiger partial charge in [0.15, 0.2) is 9.84 Å². The van der Waals surface area contributed by atoms with Crippen molar-refractivity contribution < 1.29 is 13.2 Å². The monoisotopic (exact) mass is 482 g/mol. The first-order valence-electron chi connectivity index (χ1n) is 11.6. The minimum atomic E-state index is -3.38. The van der Waals surface area contributed by atoms with Crippen molar-refractivity contribution in [2.75, 3.05) is 18.1 Å². The van der Waals surface area contributed by atoms with E-state index in [0.29, 0.717) is 33.7 Å². The van der Waals surface area contributed by atoms with Gasteiger partial charge in [0.2, 0.25) is 0 Å². The zero-order chi connectivity index (χ0) is 23.1. The highest BCUT2D eigenvalue weighted by molar-refractivity contribution is 8.00. The summed E-state index contributed by atoms with van der Waals surface area (Å²) in [5.74, 6) is 0.868. The second-order valence-corrected chi connectivity index (χ2v) is 11.8. The molecule has 0 spiro atoms. The summed E-state index contributed by atoms with van der Waals surface area (Å²) in [6, 6.07) is 18.0. The predicted molar refractivity (Wildman–Crippen MR) is 134 cm³/mol. The number of carbonyl (C=O) groups excluding carboxylic acids is 1. The molecule has 33 heavy (non-hydrogen) atoms. The van der Waals surface area contributed by atoms with Crippen LogP contribution in [0.4, 0.5) is 0 Å². The van der Waals surface area contributed by atoms with Gasteiger partial charge in [0.25, 0.3) is 5.91 Å². The lowest BCUT2D eigenvalue weighted by molar-refractivity contribution is 0.0947. The van der Waals surface area contributed by atoms with E-state index in [4.69, 9.17) is 4.98 Å². The maximum Gasteiger partial charge on any atom is 0.254 e. The standard InChI is InChI=1S/C26H30N2O3S2/c29-25(27-16-15-20-9-3-1-4-10-20)23-19-21-11-7-8-14-24(21)28-26(23)32-17-18-33(30,31)22-12-5-2-6-13-22/h2,5-8,11-14,19-20H,1,3-4,9-10,15-18H2,(H,27,29). The van der Waals surface area contributed by atoms with Crippen LogP contribution in [0.3, 0.4) is 0 Å². The molecule has 7 heteroatoms. The normalized spacial score (nSPS) is 14.9. The molecule has 174 valence electrons. The molecule has 1 fully saturated rings. The molecule has 5 nitrogen and oxygen atoms in total. The summed E-state index contributed by atoms with van der Waals surface area (Å²) in [6.07, 6.45) is 7.42. The van der Waals surface area contributed by atoms with E-state index in [1.165, 1.54) is 43.9 Å². The van der Waals surface area contributed by atoms with Crippen LogP contribution in [0.15, 0.2) is 70.6 Å². The number of benzene rings is 2. The molecule has 0 bridgehead atoms. The number of aromatic nitrogens is 1. The summed E-state index contributed by atoms with van der Waals surface area (Å²) in [5.41, 5.74) is 1.31. The second kappa shape index (κ2) is 11.2. The largest absolute Gasteiger partial charge is 0.352 e. The predicted octanol–water partition coefficient (Wildman–Crippen LogP) is 5.50. The molecule has 0 saturated heterocycles. The number of pyridine rings is 1. The molecule has 4 rings (SSSR count). The molecule has 1 heterocycles. The summed E-state index contributed by atoms with van der Waals surface area (Å²) in [4.78, 5) is 18.1. The topological polar surface area (TPSA) is 76.1 Å². The fourth-order valence-electron chi connectivity index (χ4n) is 4.33. The van der Waals surface area contributed by atoms with Gasteiger partial charge in [0.1, 0.15) is 5.03 Å². The second-order valence-electron chi connectivity index (χ2n) is 8.56. The number of carbonyl (C=O) groups is 1. The molecule has 1 N–H and O–H groups in total. The lowest BCUT2D eigenvalue weighted by Crippen LogP contribution is -2.27. The number of thioether (sulfide) groups is 1. The van der Waals surface area contributed by atoms with Crippen molar-refractivity contribution in [3.05, 3.63) is 66.2 Å². The first-order chi connectivity index (χ1) is 16.0. The Labute approximate surface area is 200 Å². The highest BCUT2D eigenvalue weighted by Gasteiger charge is 2.19. The van der Waals surface area contributed by atoms with Crippen molar-refractivity contribution in [2.45, 2.75) is 48.4 Å². The van der Waals surface area contributed by atoms with Crippen LogP contribution < -0.4 is 5.32 Å². The molecule has 0 unspecified atom stereocenters. The van der Waals surface area contributed by atoms with E-state index >= 15 is 0 Å². The number of hydrogen-bond acceptors (Lipinski definition) is 5. The van der Waals surface area contributed by atoms with E-state index in [1.807, 2.05) is 30.3 Å². The van der Waals surface area contributed by atoms with Crippen LogP contribution in [0.5, 0.6) is 0 Å². The Bertz CT molecular complexity index is 1190. The van der Waals surface area contributed by atoms with Gasteiger partial charge in [-0.25, -0.2) is 13.4 Å². The Morgan fingerprint density at radius 2 is 1.73 bits per heavy atom. The highest BCUT2D eigenvalue weighted by atomic mass is 32.2. The van der Waals surface area contributed by atoms with Crippen molar-refractivity contribution in [3.63, 3.8) is 0 Å². The van der Waals surface area contributed by atoms with Gasteiger partial charge in [-0.3, -0.25) is 4.79 Å². The molecule has 1 amide bonds. The molecule has 1 saturated carbocycles. The van der Waals surface area contributed by atoms with Gasteiger partial charge in [-0.2, -0.15) is 0 Å². The van der Waals surface area contributed by atoms with Crippen LogP contribution in [0.1, 0.15) is 48.9 Å². The van der Waals surface area contributed by atoms with Gasteiger partial charge in [0.05, 0.1) is 21.7 Å². The molecule has 0 aliphatic heterocycles. The summed E-state index contributed by atoms with van der Waals surface area (Å²) in [7, 11) is -3.38. The van der Waals surface area contributed by atoms with Gasteiger partial charge in [-0.1, -0.05) is 68.5 Å². The van der Waals surface area contributed by atoms with E-state index in [1.54, 1.807) is 30.3 Å². The third-order valence-corrected chi connectivity index (χ3v) is 9.17. The lowest BCUT2D eigenvalue weighted by Gasteiger charge is -2.21. The number of amides is 1. The highest BCUT2D eigenvalue weighted by Crippen LogP contribution is 2.27. The van der Waals surface area contributed by atoms with Crippen molar-refractivity contribution in [1.82, 2.24) is 10.3 Å². The van der Waals surface area contributed by atoms with E-state index < -0.39 is 9.84 Å². The number of para-hydroxylation sites is 1. The van der Waals surface area contributed by atoms with Crippen LogP contribution in [0.25, 0.3) is 10.9 Å². The van der Waals surface area contributed by atoms with Crippen molar-refractivity contribution in [1.29, 1.82) is 0 Å². The van der Waals surface area contributed by atoms with Crippen molar-refractivity contribution >= 4 is 38.4 Å². The Morgan fingerprint density at radius 3 is 2.52 bits per heavy atom. The zero-order valence-corrected chi connectivity index (χ0v) is 20.3. The first-order valence-corrected chi connectivity index (χ1v) is 14.3. The van der Waals surface area contributed by atoms with Gasteiger partial charge >= 0.3 is 0 Å². The zero-order valence-electron chi connectivity index (χ0n) is 18.7. The molecule has 1 aromatic heterocycles. The molecule has 2 aromatic carbocycles. The fraction of sp³-hybridized carbons (Fsp3) is 0.385. The van der Waals surface area contributed by atoms with Crippen molar-refractivity contribution in [2.24, 2.45) is 5.92 Å². The van der Waals surface area contributed by atoms with Crippen LogP contribution in [-0.4, -0.2) is 37.4 Å². The van der Waals surface area contributed by atoms with Gasteiger partial charge in [-0.15, -0.1) is 11.8 Å². The van der Waals surface area contributed by atoms with Crippen LogP contribution in [-0.2, 0) is 9.84 Å². The SMILES string of the molecule is O=C(NCCC1CCCCC1)c1cc2ccccc2nc1SCCS(=O)(=O)c1ccccc1. The summed E-state index contributed by atoms with van der Waals surface area (Å²) >= 11 is 1.32. The molecule has 0 radical (unpaired) electrons. The van der Waals surface area contributed by atoms with Gasteiger partial charge < -0.3 is 5.32 Å². The minimum absolute atomic E-state index is 0.0150. The van der Waals surface area contributed by atoms with Gasteiger partial charge in [-0.05, 0) is 36.6 Å². The Kier molecular flexibility index (Phi) is 8.04. The Hall–Kier alpha value is -2.38. The average Bonchev–Trinajstić information content (AvgIpc) is 2.84. The maximum atomic E-state index is 13.0. The molecule has 0 atom stereocenters. The smallest absolute Gasteiger partial charge is 0.254 e. The number of nitrogens with zero attached hydrogens (tertiary/aromatic N) is 1. The van der Waals surface area contributed by atoms with E-state index in [9.17, 15) is 13.2 Å². The Balaban J connectivity index is 1.45. The molecule has 3 aromatic rings. The third-order valence-electron chi connectivity index (χ3n) is 6.19. The Morgan fingerprint density at radius 1 is 1.00 bits per heavy atom. The molecular weight excluding hydrogens is 452 g/mol.